The van der Waals surface area contributed by atoms with Gasteiger partial charge in [0.25, 0.3) is 0 Å². The van der Waals surface area contributed by atoms with E-state index in [2.05, 4.69) is 5.10 Å². The van der Waals surface area contributed by atoms with Gasteiger partial charge in [-0.05, 0) is 30.7 Å². The Balaban J connectivity index is 1.62. The van der Waals surface area contributed by atoms with Crippen LogP contribution in [0.3, 0.4) is 0 Å². The fourth-order valence-corrected chi connectivity index (χ4v) is 3.70. The van der Waals surface area contributed by atoms with Crippen LogP contribution in [0.25, 0.3) is 5.69 Å². The first-order valence-electron chi connectivity index (χ1n) is 8.25. The second-order valence-corrected chi connectivity index (χ2v) is 8.35. The first-order chi connectivity index (χ1) is 13.2. The van der Waals surface area contributed by atoms with Gasteiger partial charge in [0.2, 0.25) is 0 Å². The Bertz CT molecular complexity index is 903. The van der Waals surface area contributed by atoms with Crippen LogP contribution in [0.15, 0.2) is 36.7 Å². The largest absolute Gasteiger partial charge is 0.511 e. The van der Waals surface area contributed by atoms with Gasteiger partial charge < -0.3 is 9.47 Å². The highest BCUT2D eigenvalue weighted by Gasteiger charge is 2.48. The number of nitrogens with zero attached hydrogens (tertiary/aromatic N) is 2. The van der Waals surface area contributed by atoms with Gasteiger partial charge in [0.05, 0.1) is 30.1 Å². The van der Waals surface area contributed by atoms with Gasteiger partial charge in [-0.15, -0.1) is 0 Å². The fourth-order valence-electron chi connectivity index (χ4n) is 2.72. The van der Waals surface area contributed by atoms with E-state index in [1.807, 2.05) is 0 Å². The second kappa shape index (κ2) is 8.27. The molecule has 2 atom stereocenters. The van der Waals surface area contributed by atoms with Crippen LogP contribution >= 0.6 is 11.6 Å². The summed E-state index contributed by atoms with van der Waals surface area (Å²) < 4.78 is 74.8. The first-order valence-corrected chi connectivity index (χ1v) is 10.1. The lowest BCUT2D eigenvalue weighted by Crippen LogP contribution is -2.50. The normalized spacial score (nSPS) is 20.9. The molecule has 0 bridgehead atoms. The molecule has 0 spiro atoms. The minimum absolute atomic E-state index is 0.00200. The van der Waals surface area contributed by atoms with Gasteiger partial charge in [-0.3, -0.25) is 0 Å². The average Bonchev–Trinajstić information content (AvgIpc) is 3.07. The van der Waals surface area contributed by atoms with E-state index in [0.717, 1.165) is 5.69 Å². The standard InChI is InChI=1S/C16H17ClF3N3O4S/c17-12-7-21-23(8-12)13-1-3-14(4-2-13)27-10-11-9-26-6-5-15(11)22-28(24,25)16(18,19)20/h1-4,7-8,11,15,22H,5-6,9-10H2. The maximum absolute atomic E-state index is 12.6. The van der Waals surface area contributed by atoms with Crippen molar-refractivity contribution < 1.29 is 31.1 Å². The molecule has 1 aliphatic rings. The van der Waals surface area contributed by atoms with Crippen LogP contribution in [0.5, 0.6) is 5.75 Å². The minimum Gasteiger partial charge on any atom is -0.493 e. The summed E-state index contributed by atoms with van der Waals surface area (Å²) in [4.78, 5) is 0. The average molecular weight is 440 g/mol. The van der Waals surface area contributed by atoms with E-state index in [-0.39, 0.29) is 26.2 Å². The molecular weight excluding hydrogens is 423 g/mol. The summed E-state index contributed by atoms with van der Waals surface area (Å²) in [5, 5.41) is 4.56. The van der Waals surface area contributed by atoms with E-state index >= 15 is 0 Å². The molecule has 154 valence electrons. The Morgan fingerprint density at radius 2 is 2.04 bits per heavy atom. The summed E-state index contributed by atoms with van der Waals surface area (Å²) in [6.07, 6.45) is 3.26. The van der Waals surface area contributed by atoms with E-state index in [9.17, 15) is 21.6 Å². The molecular formula is C16H17ClF3N3O4S. The molecule has 3 rings (SSSR count). The molecule has 0 aliphatic carbocycles. The Labute approximate surface area is 164 Å². The zero-order chi connectivity index (χ0) is 20.4. The number of nitrogens with one attached hydrogen (secondary N) is 1. The smallest absolute Gasteiger partial charge is 0.493 e. The van der Waals surface area contributed by atoms with E-state index in [0.29, 0.717) is 10.8 Å². The number of hydrogen-bond donors (Lipinski definition) is 1. The van der Waals surface area contributed by atoms with Crippen molar-refractivity contribution in [2.24, 2.45) is 5.92 Å². The zero-order valence-corrected chi connectivity index (χ0v) is 16.0. The lowest BCUT2D eigenvalue weighted by molar-refractivity contribution is -0.0467. The maximum Gasteiger partial charge on any atom is 0.511 e. The highest BCUT2D eigenvalue weighted by atomic mass is 35.5. The predicted molar refractivity (Wildman–Crippen MR) is 94.9 cm³/mol. The van der Waals surface area contributed by atoms with Crippen LogP contribution in [-0.2, 0) is 14.8 Å². The molecule has 2 unspecified atom stereocenters. The van der Waals surface area contributed by atoms with Gasteiger partial charge in [0, 0.05) is 24.8 Å². The van der Waals surface area contributed by atoms with Crippen LogP contribution < -0.4 is 9.46 Å². The van der Waals surface area contributed by atoms with Crippen LogP contribution in [0.1, 0.15) is 6.42 Å². The zero-order valence-electron chi connectivity index (χ0n) is 14.4. The Hall–Kier alpha value is -1.82. The summed E-state index contributed by atoms with van der Waals surface area (Å²) in [6, 6.07) is 5.89. The topological polar surface area (TPSA) is 82.5 Å². The third-order valence-electron chi connectivity index (χ3n) is 4.20. The monoisotopic (exact) mass is 439 g/mol. The molecule has 0 amide bonds. The van der Waals surface area contributed by atoms with Crippen molar-refractivity contribution in [2.75, 3.05) is 19.8 Å². The molecule has 1 aromatic carbocycles. The summed E-state index contributed by atoms with van der Waals surface area (Å²) in [5.41, 5.74) is -4.61. The van der Waals surface area contributed by atoms with Crippen molar-refractivity contribution in [3.8, 4) is 11.4 Å². The minimum atomic E-state index is -5.43. The molecule has 2 heterocycles. The fraction of sp³-hybridized carbons (Fsp3) is 0.438. The van der Waals surface area contributed by atoms with E-state index < -0.39 is 27.5 Å². The molecule has 0 radical (unpaired) electrons. The molecule has 1 fully saturated rings. The first kappa shape index (κ1) is 20.9. The van der Waals surface area contributed by atoms with E-state index in [4.69, 9.17) is 21.1 Å². The van der Waals surface area contributed by atoms with Gasteiger partial charge in [0.1, 0.15) is 5.75 Å². The molecule has 7 nitrogen and oxygen atoms in total. The van der Waals surface area contributed by atoms with Crippen molar-refractivity contribution in [3.63, 3.8) is 0 Å². The van der Waals surface area contributed by atoms with Gasteiger partial charge in [-0.25, -0.2) is 17.8 Å². The number of halogens is 4. The lowest BCUT2D eigenvalue weighted by atomic mass is 9.98. The SMILES string of the molecule is O=S(=O)(NC1CCOCC1COc1ccc(-n2cc(Cl)cn2)cc1)C(F)(F)F. The molecule has 1 aromatic heterocycles. The van der Waals surface area contributed by atoms with Gasteiger partial charge in [0.15, 0.2) is 0 Å². The van der Waals surface area contributed by atoms with Crippen LogP contribution in [0, 0.1) is 5.92 Å². The number of sulfonamides is 1. The predicted octanol–water partition coefficient (Wildman–Crippen LogP) is 2.75. The van der Waals surface area contributed by atoms with Crippen molar-refractivity contribution in [1.82, 2.24) is 14.5 Å². The third-order valence-corrected chi connectivity index (χ3v) is 5.62. The molecule has 0 saturated carbocycles. The molecule has 1 N–H and O–H groups in total. The number of ether oxygens (including phenoxy) is 2. The van der Waals surface area contributed by atoms with Crippen molar-refractivity contribution in [1.29, 1.82) is 0 Å². The molecule has 12 heteroatoms. The van der Waals surface area contributed by atoms with Crippen molar-refractivity contribution in [2.45, 2.75) is 18.0 Å². The van der Waals surface area contributed by atoms with E-state index in [1.54, 1.807) is 39.9 Å². The number of hydrogen-bond acceptors (Lipinski definition) is 5. The molecule has 1 aliphatic heterocycles. The van der Waals surface area contributed by atoms with Crippen molar-refractivity contribution in [3.05, 3.63) is 41.7 Å². The molecule has 1 saturated heterocycles. The van der Waals surface area contributed by atoms with Gasteiger partial charge in [-0.2, -0.15) is 18.3 Å². The lowest BCUT2D eigenvalue weighted by Gasteiger charge is -2.32. The van der Waals surface area contributed by atoms with Gasteiger partial charge in [-0.1, -0.05) is 11.6 Å². The Kier molecular flexibility index (Phi) is 6.18. The maximum atomic E-state index is 12.6. The van der Waals surface area contributed by atoms with Crippen molar-refractivity contribution >= 4 is 21.6 Å². The Morgan fingerprint density at radius 3 is 2.64 bits per heavy atom. The summed E-state index contributed by atoms with van der Waals surface area (Å²) >= 11 is 5.83. The molecule has 28 heavy (non-hydrogen) atoms. The quantitative estimate of drug-likeness (QED) is 0.748. The Morgan fingerprint density at radius 1 is 1.32 bits per heavy atom. The highest BCUT2D eigenvalue weighted by Crippen LogP contribution is 2.25. The third kappa shape index (κ3) is 4.96. The number of benzene rings is 1. The van der Waals surface area contributed by atoms with Crippen LogP contribution in [0.2, 0.25) is 5.02 Å². The highest BCUT2D eigenvalue weighted by molar-refractivity contribution is 7.90. The second-order valence-electron chi connectivity index (χ2n) is 6.21. The number of aromatic nitrogens is 2. The van der Waals surface area contributed by atoms with Crippen LogP contribution in [-0.4, -0.2) is 49.6 Å². The summed E-state index contributed by atoms with van der Waals surface area (Å²) in [5.74, 6) is -0.0829. The summed E-state index contributed by atoms with van der Waals surface area (Å²) in [7, 11) is -5.43. The van der Waals surface area contributed by atoms with Gasteiger partial charge >= 0.3 is 15.5 Å². The number of rotatable bonds is 6. The van der Waals surface area contributed by atoms with Crippen LogP contribution in [0.4, 0.5) is 13.2 Å². The number of alkyl halides is 3. The van der Waals surface area contributed by atoms with E-state index in [1.165, 1.54) is 6.20 Å². The molecule has 2 aromatic rings. The summed E-state index contributed by atoms with van der Waals surface area (Å²) in [6.45, 7) is 0.259.